The highest BCUT2D eigenvalue weighted by atomic mass is 19.4. The van der Waals surface area contributed by atoms with Crippen LogP contribution in [0.4, 0.5) is 22.0 Å². The van der Waals surface area contributed by atoms with E-state index in [0.717, 1.165) is 0 Å². The Balaban J connectivity index is 3.35. The summed E-state index contributed by atoms with van der Waals surface area (Å²) in [6, 6.07) is 0.395. The molecule has 0 aliphatic heterocycles. The standard InChI is InChI=1S/C10H9F5N2O3/c11-9(12)4-1-7(20-10(13,14)15)17-6(2-8(18)19)5(4)3-16/h1,9H,2-3,16H2,(H,18,19). The number of pyridine rings is 1. The van der Waals surface area contributed by atoms with E-state index in [2.05, 4.69) is 9.72 Å². The van der Waals surface area contributed by atoms with E-state index in [0.29, 0.717) is 6.07 Å². The van der Waals surface area contributed by atoms with E-state index in [-0.39, 0.29) is 5.56 Å². The van der Waals surface area contributed by atoms with Crippen molar-refractivity contribution in [3.05, 3.63) is 22.9 Å². The Morgan fingerprint density at radius 1 is 1.45 bits per heavy atom. The molecule has 20 heavy (non-hydrogen) atoms. The molecule has 0 saturated carbocycles. The maximum atomic E-state index is 12.8. The van der Waals surface area contributed by atoms with Gasteiger partial charge in [0, 0.05) is 18.2 Å². The molecule has 0 aliphatic carbocycles. The average Bonchev–Trinajstić information content (AvgIpc) is 2.25. The van der Waals surface area contributed by atoms with Gasteiger partial charge in [0.2, 0.25) is 5.88 Å². The Kier molecular flexibility index (Phi) is 4.82. The maximum Gasteiger partial charge on any atom is 0.574 e. The van der Waals surface area contributed by atoms with Crippen LogP contribution in [0, 0.1) is 0 Å². The number of hydrogen-bond acceptors (Lipinski definition) is 4. The maximum absolute atomic E-state index is 12.8. The van der Waals surface area contributed by atoms with Gasteiger partial charge in [-0.2, -0.15) is 0 Å². The number of aliphatic carboxylic acids is 1. The van der Waals surface area contributed by atoms with Crippen LogP contribution in [0.5, 0.6) is 5.88 Å². The second-order valence-electron chi connectivity index (χ2n) is 3.60. The lowest BCUT2D eigenvalue weighted by molar-refractivity contribution is -0.276. The van der Waals surface area contributed by atoms with Gasteiger partial charge in [0.05, 0.1) is 12.1 Å². The van der Waals surface area contributed by atoms with Crippen molar-refractivity contribution in [1.29, 1.82) is 0 Å². The van der Waals surface area contributed by atoms with Crippen LogP contribution < -0.4 is 10.5 Å². The number of alkyl halides is 5. The van der Waals surface area contributed by atoms with Gasteiger partial charge in [-0.3, -0.25) is 4.79 Å². The Hall–Kier alpha value is -1.97. The third kappa shape index (κ3) is 4.30. The molecule has 1 rings (SSSR count). The van der Waals surface area contributed by atoms with Crippen molar-refractivity contribution in [3.8, 4) is 5.88 Å². The molecule has 0 fully saturated rings. The number of rotatable bonds is 5. The fourth-order valence-corrected chi connectivity index (χ4v) is 1.51. The second kappa shape index (κ2) is 5.99. The first-order valence-electron chi connectivity index (χ1n) is 5.12. The normalized spacial score (nSPS) is 11.8. The number of carboxylic acid groups (broad SMARTS) is 1. The van der Waals surface area contributed by atoms with Gasteiger partial charge in [0.25, 0.3) is 6.43 Å². The minimum atomic E-state index is -5.13. The number of carboxylic acids is 1. The highest BCUT2D eigenvalue weighted by Crippen LogP contribution is 2.30. The Morgan fingerprint density at radius 3 is 2.45 bits per heavy atom. The van der Waals surface area contributed by atoms with E-state index < -0.39 is 48.9 Å². The lowest BCUT2D eigenvalue weighted by atomic mass is 10.0. The van der Waals surface area contributed by atoms with Crippen LogP contribution in [0.1, 0.15) is 23.2 Å². The summed E-state index contributed by atoms with van der Waals surface area (Å²) < 4.78 is 65.2. The SMILES string of the molecule is NCc1c(C(F)F)cc(OC(F)(F)F)nc1CC(=O)O. The van der Waals surface area contributed by atoms with Gasteiger partial charge in [-0.25, -0.2) is 13.8 Å². The Morgan fingerprint density at radius 2 is 2.05 bits per heavy atom. The zero-order valence-electron chi connectivity index (χ0n) is 9.75. The van der Waals surface area contributed by atoms with E-state index in [4.69, 9.17) is 10.8 Å². The molecule has 0 spiro atoms. The summed E-state index contributed by atoms with van der Waals surface area (Å²) in [4.78, 5) is 13.9. The fourth-order valence-electron chi connectivity index (χ4n) is 1.51. The zero-order chi connectivity index (χ0) is 15.5. The van der Waals surface area contributed by atoms with Gasteiger partial charge in [0.1, 0.15) is 0 Å². The third-order valence-electron chi connectivity index (χ3n) is 2.20. The van der Waals surface area contributed by atoms with Crippen molar-refractivity contribution in [3.63, 3.8) is 0 Å². The molecular formula is C10H9F5N2O3. The van der Waals surface area contributed by atoms with E-state index in [1.54, 1.807) is 0 Å². The monoisotopic (exact) mass is 300 g/mol. The van der Waals surface area contributed by atoms with Crippen LogP contribution in [0.3, 0.4) is 0 Å². The molecule has 1 heterocycles. The average molecular weight is 300 g/mol. The highest BCUT2D eigenvalue weighted by molar-refractivity contribution is 5.70. The van der Waals surface area contributed by atoms with Crippen LogP contribution in [-0.4, -0.2) is 22.4 Å². The first kappa shape index (κ1) is 16.1. The van der Waals surface area contributed by atoms with E-state index in [1.807, 2.05) is 0 Å². The van der Waals surface area contributed by atoms with Crippen molar-refractivity contribution in [2.24, 2.45) is 5.73 Å². The van der Waals surface area contributed by atoms with Crippen LogP contribution >= 0.6 is 0 Å². The van der Waals surface area contributed by atoms with E-state index in [9.17, 15) is 26.7 Å². The van der Waals surface area contributed by atoms with Gasteiger partial charge >= 0.3 is 12.3 Å². The molecule has 5 nitrogen and oxygen atoms in total. The summed E-state index contributed by atoms with van der Waals surface area (Å²) in [7, 11) is 0. The largest absolute Gasteiger partial charge is 0.574 e. The lowest BCUT2D eigenvalue weighted by Crippen LogP contribution is -2.20. The fraction of sp³-hybridized carbons (Fsp3) is 0.400. The van der Waals surface area contributed by atoms with Gasteiger partial charge < -0.3 is 15.6 Å². The number of aromatic nitrogens is 1. The van der Waals surface area contributed by atoms with Gasteiger partial charge in [-0.1, -0.05) is 0 Å². The molecule has 0 bridgehead atoms. The predicted molar refractivity (Wildman–Crippen MR) is 55.1 cm³/mol. The third-order valence-corrected chi connectivity index (χ3v) is 2.20. The summed E-state index contributed by atoms with van der Waals surface area (Å²) in [5, 5.41) is 8.61. The van der Waals surface area contributed by atoms with E-state index in [1.165, 1.54) is 0 Å². The van der Waals surface area contributed by atoms with Crippen LogP contribution in [0.25, 0.3) is 0 Å². The minimum absolute atomic E-state index is 0.308. The molecule has 1 aromatic rings. The van der Waals surface area contributed by atoms with Crippen LogP contribution in [0.15, 0.2) is 6.07 Å². The molecule has 0 atom stereocenters. The number of carbonyl (C=O) groups is 1. The first-order valence-corrected chi connectivity index (χ1v) is 5.12. The summed E-state index contributed by atoms with van der Waals surface area (Å²) in [6.07, 6.45) is -9.11. The lowest BCUT2D eigenvalue weighted by Gasteiger charge is -2.15. The molecule has 0 aliphatic rings. The molecule has 10 heteroatoms. The number of ether oxygens (including phenoxy) is 1. The summed E-state index contributed by atoms with van der Waals surface area (Å²) in [6.45, 7) is -0.485. The number of halogens is 5. The summed E-state index contributed by atoms with van der Waals surface area (Å²) >= 11 is 0. The molecular weight excluding hydrogens is 291 g/mol. The Labute approximate surface area is 109 Å². The summed E-state index contributed by atoms with van der Waals surface area (Å²) in [5.74, 6) is -2.60. The van der Waals surface area contributed by atoms with Crippen LogP contribution in [0.2, 0.25) is 0 Å². The molecule has 0 unspecified atom stereocenters. The topological polar surface area (TPSA) is 85.4 Å². The number of hydrogen-bond donors (Lipinski definition) is 2. The van der Waals surface area contributed by atoms with Crippen molar-refractivity contribution >= 4 is 5.97 Å². The van der Waals surface area contributed by atoms with Gasteiger partial charge in [0.15, 0.2) is 0 Å². The summed E-state index contributed by atoms with van der Waals surface area (Å²) in [5.41, 5.74) is 3.58. The molecule has 0 amide bonds. The minimum Gasteiger partial charge on any atom is -0.481 e. The zero-order valence-corrected chi connectivity index (χ0v) is 9.75. The molecule has 112 valence electrons. The highest BCUT2D eigenvalue weighted by Gasteiger charge is 2.33. The molecule has 1 aromatic heterocycles. The Bertz CT molecular complexity index is 504. The van der Waals surface area contributed by atoms with Crippen molar-refractivity contribution in [2.75, 3.05) is 0 Å². The van der Waals surface area contributed by atoms with Crippen molar-refractivity contribution in [2.45, 2.75) is 25.8 Å². The number of nitrogens with two attached hydrogens (primary N) is 1. The molecule has 0 saturated heterocycles. The quantitative estimate of drug-likeness (QED) is 0.812. The molecule has 0 aromatic carbocycles. The molecule has 3 N–H and O–H groups in total. The molecule has 0 radical (unpaired) electrons. The predicted octanol–water partition coefficient (Wildman–Crippen LogP) is 2.00. The smallest absolute Gasteiger partial charge is 0.481 e. The number of nitrogens with zero attached hydrogens (tertiary/aromatic N) is 1. The second-order valence-corrected chi connectivity index (χ2v) is 3.60. The van der Waals surface area contributed by atoms with E-state index >= 15 is 0 Å². The van der Waals surface area contributed by atoms with Crippen LogP contribution in [-0.2, 0) is 17.8 Å². The van der Waals surface area contributed by atoms with Crippen molar-refractivity contribution < 1.29 is 36.6 Å². The first-order chi connectivity index (χ1) is 9.14. The van der Waals surface area contributed by atoms with Crippen molar-refractivity contribution in [1.82, 2.24) is 4.98 Å². The van der Waals surface area contributed by atoms with Gasteiger partial charge in [-0.15, -0.1) is 13.2 Å². The van der Waals surface area contributed by atoms with Gasteiger partial charge in [-0.05, 0) is 5.56 Å².